The van der Waals surface area contributed by atoms with Crippen LogP contribution in [0.25, 0.3) is 5.82 Å². The van der Waals surface area contributed by atoms with Crippen molar-refractivity contribution in [2.24, 2.45) is 0 Å². The molecule has 1 amide bonds. The van der Waals surface area contributed by atoms with Gasteiger partial charge in [-0.05, 0) is 51.1 Å². The van der Waals surface area contributed by atoms with Crippen LogP contribution in [0.15, 0.2) is 40.9 Å². The third-order valence-corrected chi connectivity index (χ3v) is 3.86. The van der Waals surface area contributed by atoms with Gasteiger partial charge in [0.2, 0.25) is 0 Å². The highest BCUT2D eigenvalue weighted by Crippen LogP contribution is 2.23. The molecule has 136 valence electrons. The number of nitrogens with one attached hydrogen (secondary N) is 1. The smallest absolute Gasteiger partial charge is 0.387 e. The van der Waals surface area contributed by atoms with Crippen molar-refractivity contribution in [1.82, 2.24) is 9.72 Å². The first-order chi connectivity index (χ1) is 12.3. The molecule has 0 saturated heterocycles. The van der Waals surface area contributed by atoms with Gasteiger partial charge >= 0.3 is 6.61 Å². The highest BCUT2D eigenvalue weighted by atomic mass is 19.3. The van der Waals surface area contributed by atoms with Crippen LogP contribution in [-0.2, 0) is 0 Å². The normalized spacial score (nSPS) is 11.0. The van der Waals surface area contributed by atoms with E-state index >= 15 is 0 Å². The SMILES string of the molecule is Cc1cc(-n2c(C)cc(C(=O)Nc3ccc(OC(F)F)cc3)c2C)no1. The van der Waals surface area contributed by atoms with E-state index in [1.165, 1.54) is 24.3 Å². The number of halogens is 2. The minimum atomic E-state index is -2.89. The highest BCUT2D eigenvalue weighted by Gasteiger charge is 2.18. The number of amides is 1. The third kappa shape index (κ3) is 3.58. The zero-order valence-corrected chi connectivity index (χ0v) is 14.4. The summed E-state index contributed by atoms with van der Waals surface area (Å²) in [5.41, 5.74) is 2.50. The van der Waals surface area contributed by atoms with Gasteiger partial charge in [-0.1, -0.05) is 5.16 Å². The molecule has 3 aromatic rings. The minimum absolute atomic E-state index is 0.0255. The predicted molar refractivity (Wildman–Crippen MR) is 91.1 cm³/mol. The van der Waals surface area contributed by atoms with E-state index in [9.17, 15) is 13.6 Å². The molecule has 2 aromatic heterocycles. The van der Waals surface area contributed by atoms with E-state index in [1.807, 2.05) is 18.4 Å². The second-order valence-corrected chi connectivity index (χ2v) is 5.77. The Balaban J connectivity index is 1.80. The first kappa shape index (κ1) is 17.7. The first-order valence-corrected chi connectivity index (χ1v) is 7.84. The van der Waals surface area contributed by atoms with E-state index in [1.54, 1.807) is 19.1 Å². The van der Waals surface area contributed by atoms with E-state index in [0.29, 0.717) is 28.5 Å². The lowest BCUT2D eigenvalue weighted by molar-refractivity contribution is -0.0498. The number of anilines is 1. The molecule has 0 radical (unpaired) electrons. The monoisotopic (exact) mass is 361 g/mol. The van der Waals surface area contributed by atoms with Gasteiger partial charge in [-0.25, -0.2) is 0 Å². The van der Waals surface area contributed by atoms with Crippen molar-refractivity contribution in [2.75, 3.05) is 5.32 Å². The van der Waals surface area contributed by atoms with Crippen LogP contribution < -0.4 is 10.1 Å². The lowest BCUT2D eigenvalue weighted by Gasteiger charge is -2.08. The van der Waals surface area contributed by atoms with Gasteiger partial charge in [-0.15, -0.1) is 0 Å². The number of aryl methyl sites for hydroxylation is 2. The van der Waals surface area contributed by atoms with Crippen LogP contribution in [0.1, 0.15) is 27.5 Å². The molecule has 0 bridgehead atoms. The maximum Gasteiger partial charge on any atom is 0.387 e. The summed E-state index contributed by atoms with van der Waals surface area (Å²) in [5.74, 6) is 0.985. The number of rotatable bonds is 5. The first-order valence-electron chi connectivity index (χ1n) is 7.84. The highest BCUT2D eigenvalue weighted by molar-refractivity contribution is 6.05. The van der Waals surface area contributed by atoms with Gasteiger partial charge in [0.1, 0.15) is 11.5 Å². The fourth-order valence-electron chi connectivity index (χ4n) is 2.72. The number of alkyl halides is 2. The molecule has 26 heavy (non-hydrogen) atoms. The van der Waals surface area contributed by atoms with E-state index in [0.717, 1.165) is 5.69 Å². The van der Waals surface area contributed by atoms with Crippen molar-refractivity contribution in [3.05, 3.63) is 59.1 Å². The summed E-state index contributed by atoms with van der Waals surface area (Å²) >= 11 is 0. The Morgan fingerprint density at radius 2 is 1.88 bits per heavy atom. The molecule has 6 nitrogen and oxygen atoms in total. The van der Waals surface area contributed by atoms with E-state index in [4.69, 9.17) is 4.52 Å². The Morgan fingerprint density at radius 1 is 1.19 bits per heavy atom. The van der Waals surface area contributed by atoms with Gasteiger partial charge in [-0.2, -0.15) is 8.78 Å². The average molecular weight is 361 g/mol. The van der Waals surface area contributed by atoms with Crippen molar-refractivity contribution in [3.8, 4) is 11.6 Å². The molecule has 0 aliphatic rings. The standard InChI is InChI=1S/C18H17F2N3O3/c1-10-8-15(12(3)23(10)16-9-11(2)26-22-16)17(24)21-13-4-6-14(7-5-13)25-18(19)20/h4-9,18H,1-3H3,(H,21,24). The quantitative estimate of drug-likeness (QED) is 0.738. The van der Waals surface area contributed by atoms with E-state index in [2.05, 4.69) is 15.2 Å². The number of carbonyl (C=O) groups excluding carboxylic acids is 1. The molecule has 0 aliphatic heterocycles. The lowest BCUT2D eigenvalue weighted by atomic mass is 10.2. The molecule has 0 aliphatic carbocycles. The van der Waals surface area contributed by atoms with Crippen LogP contribution >= 0.6 is 0 Å². The number of ether oxygens (including phenoxy) is 1. The molecule has 1 aromatic carbocycles. The summed E-state index contributed by atoms with van der Waals surface area (Å²) in [7, 11) is 0. The fraction of sp³-hybridized carbons (Fsp3) is 0.222. The topological polar surface area (TPSA) is 69.3 Å². The van der Waals surface area contributed by atoms with Gasteiger partial charge < -0.3 is 14.6 Å². The molecule has 0 unspecified atom stereocenters. The van der Waals surface area contributed by atoms with Crippen molar-refractivity contribution in [1.29, 1.82) is 0 Å². The molecule has 2 heterocycles. The number of carbonyl (C=O) groups is 1. The molecular formula is C18H17F2N3O3. The fourth-order valence-corrected chi connectivity index (χ4v) is 2.72. The van der Waals surface area contributed by atoms with Crippen LogP contribution in [0.5, 0.6) is 5.75 Å². The van der Waals surface area contributed by atoms with E-state index < -0.39 is 6.61 Å². The minimum Gasteiger partial charge on any atom is -0.435 e. The summed E-state index contributed by atoms with van der Waals surface area (Å²) in [5, 5.41) is 6.72. The molecular weight excluding hydrogens is 344 g/mol. The Labute approximate surface area is 148 Å². The number of hydrogen-bond acceptors (Lipinski definition) is 4. The molecule has 0 saturated carbocycles. The number of benzene rings is 1. The van der Waals surface area contributed by atoms with Gasteiger partial charge in [0.05, 0.1) is 5.56 Å². The average Bonchev–Trinajstić information content (AvgIpc) is 3.11. The molecule has 3 rings (SSSR count). The number of hydrogen-bond donors (Lipinski definition) is 1. The zero-order chi connectivity index (χ0) is 18.8. The predicted octanol–water partition coefficient (Wildman–Crippen LogP) is 4.24. The largest absolute Gasteiger partial charge is 0.435 e. The summed E-state index contributed by atoms with van der Waals surface area (Å²) in [6, 6.07) is 9.25. The Bertz CT molecular complexity index is 930. The molecule has 0 atom stereocenters. The van der Waals surface area contributed by atoms with Crippen LogP contribution in [0, 0.1) is 20.8 Å². The Morgan fingerprint density at radius 3 is 2.46 bits per heavy atom. The second-order valence-electron chi connectivity index (χ2n) is 5.77. The summed E-state index contributed by atoms with van der Waals surface area (Å²) in [6.07, 6.45) is 0. The summed E-state index contributed by atoms with van der Waals surface area (Å²) in [4.78, 5) is 12.6. The maximum absolute atomic E-state index is 12.6. The van der Waals surface area contributed by atoms with Gasteiger partial charge in [0, 0.05) is 23.1 Å². The third-order valence-electron chi connectivity index (χ3n) is 3.86. The number of nitrogens with zero attached hydrogens (tertiary/aromatic N) is 2. The molecule has 0 spiro atoms. The summed E-state index contributed by atoms with van der Waals surface area (Å²) < 4.78 is 35.5. The van der Waals surface area contributed by atoms with Crippen molar-refractivity contribution < 1.29 is 22.8 Å². The van der Waals surface area contributed by atoms with Crippen molar-refractivity contribution in [3.63, 3.8) is 0 Å². The van der Waals surface area contributed by atoms with Crippen molar-refractivity contribution in [2.45, 2.75) is 27.4 Å². The summed E-state index contributed by atoms with van der Waals surface area (Å²) in [6.45, 7) is 2.58. The van der Waals surface area contributed by atoms with Gasteiger partial charge in [0.15, 0.2) is 5.82 Å². The van der Waals surface area contributed by atoms with Crippen LogP contribution in [0.3, 0.4) is 0 Å². The molecule has 8 heteroatoms. The molecule has 1 N–H and O–H groups in total. The van der Waals surface area contributed by atoms with Crippen LogP contribution in [-0.4, -0.2) is 22.2 Å². The van der Waals surface area contributed by atoms with E-state index in [-0.39, 0.29) is 11.7 Å². The Kier molecular flexibility index (Phi) is 4.75. The Hall–Kier alpha value is -3.16. The zero-order valence-electron chi connectivity index (χ0n) is 14.4. The van der Waals surface area contributed by atoms with Crippen molar-refractivity contribution >= 4 is 11.6 Å². The number of aromatic nitrogens is 2. The molecule has 0 fully saturated rings. The van der Waals surface area contributed by atoms with Crippen LogP contribution in [0.4, 0.5) is 14.5 Å². The van der Waals surface area contributed by atoms with Gasteiger partial charge in [0.25, 0.3) is 5.91 Å². The lowest BCUT2D eigenvalue weighted by Crippen LogP contribution is -2.13. The van der Waals surface area contributed by atoms with Crippen LogP contribution in [0.2, 0.25) is 0 Å². The van der Waals surface area contributed by atoms with Gasteiger partial charge in [-0.3, -0.25) is 9.36 Å². The maximum atomic E-state index is 12.6. The second kappa shape index (κ2) is 6.99.